The molecule has 0 amide bonds. The zero-order chi connectivity index (χ0) is 20.6. The molecule has 0 N–H and O–H groups in total. The average molecular weight is 404 g/mol. The van der Waals surface area contributed by atoms with E-state index in [4.69, 9.17) is 6.57 Å². The second-order valence-electron chi connectivity index (χ2n) is 9.13. The van der Waals surface area contributed by atoms with Gasteiger partial charge in [-0.3, -0.25) is 0 Å². The van der Waals surface area contributed by atoms with Crippen molar-refractivity contribution in [1.82, 2.24) is 0 Å². The summed E-state index contributed by atoms with van der Waals surface area (Å²) < 4.78 is 15.3. The molecule has 0 fully saturated rings. The number of hydrogen-bond acceptors (Lipinski definition) is 2. The van der Waals surface area contributed by atoms with Crippen molar-refractivity contribution in [1.29, 1.82) is 5.26 Å². The highest BCUT2D eigenvalue weighted by atomic mass is 19.1. The van der Waals surface area contributed by atoms with Gasteiger partial charge >= 0.3 is 0 Å². The molecule has 30 heavy (non-hydrogen) atoms. The summed E-state index contributed by atoms with van der Waals surface area (Å²) in [6.07, 6.45) is 11.3. The Hall–Kier alpha value is -2.85. The number of hydrogen-bond donors (Lipinski definition) is 0. The van der Waals surface area contributed by atoms with E-state index in [9.17, 15) is 5.26 Å². The van der Waals surface area contributed by atoms with E-state index in [0.717, 1.165) is 67.6 Å². The van der Waals surface area contributed by atoms with Crippen LogP contribution in [0.25, 0.3) is 10.9 Å². The number of anilines is 1. The molecule has 1 aliphatic carbocycles. The first-order chi connectivity index (χ1) is 13.9. The van der Waals surface area contributed by atoms with Crippen LogP contribution < -0.4 is 4.90 Å². The van der Waals surface area contributed by atoms with Crippen molar-refractivity contribution in [3.63, 3.8) is 0 Å². The third kappa shape index (κ3) is 4.05. The Balaban J connectivity index is 0.00000256. The summed E-state index contributed by atoms with van der Waals surface area (Å²) in [5.41, 5.74) is 5.91. The zero-order valence-electron chi connectivity index (χ0n) is 17.2. The van der Waals surface area contributed by atoms with Crippen LogP contribution >= 0.6 is 0 Å². The van der Waals surface area contributed by atoms with Crippen LogP contribution in [0.5, 0.6) is 0 Å². The fraction of sp³-hybridized carbons (Fsp3) is 0.462. The van der Waals surface area contributed by atoms with E-state index in [0.29, 0.717) is 12.0 Å². The lowest BCUT2D eigenvalue weighted by Crippen LogP contribution is -2.35. The molecule has 2 heterocycles. The van der Waals surface area contributed by atoms with E-state index in [2.05, 4.69) is 23.6 Å². The van der Waals surface area contributed by atoms with E-state index in [1.807, 2.05) is 30.4 Å². The van der Waals surface area contributed by atoms with Crippen molar-refractivity contribution in [3.05, 3.63) is 69.0 Å². The molecular weight excluding hydrogens is 373 g/mol. The number of allylic oxidation sites excluding steroid dienone is 5. The van der Waals surface area contributed by atoms with Gasteiger partial charge in [0.15, 0.2) is 0 Å². The Bertz CT molecular complexity index is 1010. The minimum Gasteiger partial charge on any atom is -0.371 e. The van der Waals surface area contributed by atoms with Crippen molar-refractivity contribution in [3.8, 4) is 6.07 Å². The quantitative estimate of drug-likeness (QED) is 0.411. The smallest absolute Gasteiger partial charge is 0.265 e. The molecule has 1 aromatic carbocycles. The van der Waals surface area contributed by atoms with Gasteiger partial charge in [0, 0.05) is 29.9 Å². The average Bonchev–Trinajstić information content (AvgIpc) is 2.69. The van der Waals surface area contributed by atoms with Crippen molar-refractivity contribution < 1.29 is 4.39 Å². The van der Waals surface area contributed by atoms with Gasteiger partial charge in [-0.25, -0.2) is 14.5 Å². The van der Waals surface area contributed by atoms with Gasteiger partial charge < -0.3 is 4.90 Å². The first-order valence-corrected chi connectivity index (χ1v) is 10.4. The van der Waals surface area contributed by atoms with E-state index < -0.39 is 0 Å². The van der Waals surface area contributed by atoms with E-state index in [-0.39, 0.29) is 24.4 Å². The topological polar surface area (TPSA) is 31.4 Å². The number of halogens is 1. The van der Waals surface area contributed by atoms with Crippen molar-refractivity contribution in [2.45, 2.75) is 59.8 Å². The first-order valence-electron chi connectivity index (χ1n) is 10.4. The number of rotatable bonds is 2. The van der Waals surface area contributed by atoms with Crippen LogP contribution in [-0.2, 0) is 12.8 Å². The lowest BCUT2D eigenvalue weighted by molar-refractivity contribution is 0.354. The van der Waals surface area contributed by atoms with E-state index in [1.54, 1.807) is 0 Å². The van der Waals surface area contributed by atoms with Gasteiger partial charge in [-0.15, -0.1) is 0 Å². The van der Waals surface area contributed by atoms with Gasteiger partial charge in [-0.05, 0) is 66.7 Å². The van der Waals surface area contributed by atoms with E-state index >= 15 is 4.39 Å². The summed E-state index contributed by atoms with van der Waals surface area (Å²) in [7, 11) is 0. The molecule has 3 nitrogen and oxygen atoms in total. The predicted octanol–water partition coefficient (Wildman–Crippen LogP) is 6.62. The second-order valence-corrected chi connectivity index (χ2v) is 9.13. The Kier molecular flexibility index (Phi) is 6.18. The highest BCUT2D eigenvalue weighted by Crippen LogP contribution is 2.41. The Labute approximate surface area is 180 Å². The minimum absolute atomic E-state index is 0. The minimum atomic E-state index is -0.0862. The summed E-state index contributed by atoms with van der Waals surface area (Å²) in [5.74, 6) is -0.0862. The normalized spacial score (nSPS) is 21.1. The second kappa shape index (κ2) is 8.49. The number of nitriles is 1. The molecule has 0 atom stereocenters. The fourth-order valence-corrected chi connectivity index (χ4v) is 5.05. The molecule has 0 saturated carbocycles. The van der Waals surface area contributed by atoms with Crippen LogP contribution in [0.2, 0.25) is 0 Å². The molecule has 0 unspecified atom stereocenters. The summed E-state index contributed by atoms with van der Waals surface area (Å²) in [6, 6.07) is 4.04. The third-order valence-corrected chi connectivity index (χ3v) is 6.19. The molecule has 0 saturated heterocycles. The van der Waals surface area contributed by atoms with Crippen molar-refractivity contribution in [2.75, 3.05) is 18.0 Å². The monoisotopic (exact) mass is 403 g/mol. The van der Waals surface area contributed by atoms with Gasteiger partial charge in [-0.1, -0.05) is 39.5 Å². The van der Waals surface area contributed by atoms with Crippen LogP contribution in [0, 0.1) is 29.1 Å². The maximum Gasteiger partial charge on any atom is 0.265 e. The van der Waals surface area contributed by atoms with Gasteiger partial charge in [0.05, 0.1) is 12.6 Å². The van der Waals surface area contributed by atoms with Gasteiger partial charge in [-0.2, -0.15) is 0 Å². The highest BCUT2D eigenvalue weighted by molar-refractivity contribution is 5.69. The number of nitrogens with zero attached hydrogens (tertiary/aromatic N) is 3. The summed E-state index contributed by atoms with van der Waals surface area (Å²) >= 11 is 0. The highest BCUT2D eigenvalue weighted by Gasteiger charge is 2.28. The number of aryl methyl sites for hydroxylation is 1. The molecule has 0 spiro atoms. The summed E-state index contributed by atoms with van der Waals surface area (Å²) in [6.45, 7) is 13.6. The Morgan fingerprint density at radius 3 is 2.67 bits per heavy atom. The van der Waals surface area contributed by atoms with Crippen LogP contribution in [0.4, 0.5) is 10.1 Å². The molecule has 4 rings (SSSR count). The summed E-state index contributed by atoms with van der Waals surface area (Å²) in [4.78, 5) is 5.73. The maximum atomic E-state index is 15.3. The summed E-state index contributed by atoms with van der Waals surface area (Å²) in [5, 5.41) is 9.25. The predicted molar refractivity (Wildman–Crippen MR) is 121 cm³/mol. The molecule has 1 aromatic rings. The zero-order valence-corrected chi connectivity index (χ0v) is 17.2. The Morgan fingerprint density at radius 2 is 1.97 bits per heavy atom. The first kappa shape index (κ1) is 21.8. The molecule has 3 aliphatic rings. The van der Waals surface area contributed by atoms with Crippen LogP contribution in [0.1, 0.15) is 63.6 Å². The largest absolute Gasteiger partial charge is 0.371 e. The van der Waals surface area contributed by atoms with Gasteiger partial charge in [0.2, 0.25) is 0 Å². The lowest BCUT2D eigenvalue weighted by Gasteiger charge is -2.37. The van der Waals surface area contributed by atoms with Crippen molar-refractivity contribution >= 4 is 11.8 Å². The standard InChI is InChI=1S/C25H26FN3.CH4/c1-25(2)14-17(12-20(15-25)22(16-27)28-3)8-9-18-13-19-6-4-10-29-11-5-7-21(23(18)26)24(19)29;/h8-9,12-13H,4-7,10-11,14-15H2,1-2H3;1H4/b9-8+,22-20-;. The molecule has 0 bridgehead atoms. The molecule has 2 aliphatic heterocycles. The van der Waals surface area contributed by atoms with E-state index in [1.165, 1.54) is 5.56 Å². The van der Waals surface area contributed by atoms with Crippen LogP contribution in [0.3, 0.4) is 0 Å². The van der Waals surface area contributed by atoms with Gasteiger partial charge in [0.1, 0.15) is 5.82 Å². The molecule has 4 heteroatoms. The lowest BCUT2D eigenvalue weighted by atomic mass is 9.74. The van der Waals surface area contributed by atoms with Crippen LogP contribution in [-0.4, -0.2) is 13.1 Å². The molecule has 156 valence electrons. The molecular formula is C26H30FN3. The third-order valence-electron chi connectivity index (χ3n) is 6.19. The molecule has 0 aromatic heterocycles. The maximum absolute atomic E-state index is 15.3. The van der Waals surface area contributed by atoms with Crippen molar-refractivity contribution in [2.24, 2.45) is 5.41 Å². The Morgan fingerprint density at radius 1 is 1.23 bits per heavy atom. The molecule has 0 radical (unpaired) electrons. The fourth-order valence-electron chi connectivity index (χ4n) is 5.05. The SMILES string of the molecule is C.[C-]#[N+]/C(C#N)=C1C=C(/C=C/c2cc3c4c(c2F)CCCN4CCC3)CC(C)(C)C/1. The number of benzene rings is 1. The van der Waals surface area contributed by atoms with Crippen LogP contribution in [0.15, 0.2) is 35.1 Å². The van der Waals surface area contributed by atoms with Gasteiger partial charge in [0.25, 0.3) is 5.70 Å².